The van der Waals surface area contributed by atoms with Crippen LogP contribution in [0.4, 0.5) is 0 Å². The summed E-state index contributed by atoms with van der Waals surface area (Å²) < 4.78 is 1.43. The van der Waals surface area contributed by atoms with Crippen LogP contribution in [0.15, 0.2) is 10.5 Å². The normalized spacial score (nSPS) is 28.9. The molecule has 19 heavy (non-hydrogen) atoms. The minimum Gasteiger partial charge on any atom is -0.386 e. The van der Waals surface area contributed by atoms with E-state index in [1.807, 2.05) is 6.07 Å². The summed E-state index contributed by atoms with van der Waals surface area (Å²) in [6.45, 7) is 2.16. The van der Waals surface area contributed by atoms with E-state index in [2.05, 4.69) is 28.9 Å². The Morgan fingerprint density at radius 3 is 3.00 bits per heavy atom. The van der Waals surface area contributed by atoms with E-state index in [0.717, 1.165) is 35.0 Å². The quantitative estimate of drug-likeness (QED) is 0.792. The van der Waals surface area contributed by atoms with Gasteiger partial charge in [0, 0.05) is 9.35 Å². The third-order valence-corrected chi connectivity index (χ3v) is 6.67. The number of nitrogens with zero attached hydrogens (tertiary/aromatic N) is 1. The van der Waals surface area contributed by atoms with Crippen LogP contribution in [0.3, 0.4) is 0 Å². The van der Waals surface area contributed by atoms with Gasteiger partial charge in [-0.2, -0.15) is 5.26 Å². The van der Waals surface area contributed by atoms with Crippen molar-refractivity contribution in [1.82, 2.24) is 0 Å². The van der Waals surface area contributed by atoms with Gasteiger partial charge in [-0.1, -0.05) is 37.8 Å². The first-order chi connectivity index (χ1) is 9.02. The lowest BCUT2D eigenvalue weighted by Gasteiger charge is -2.38. The van der Waals surface area contributed by atoms with E-state index in [1.165, 1.54) is 17.8 Å². The van der Waals surface area contributed by atoms with E-state index in [0.29, 0.717) is 10.3 Å². The molecule has 0 aromatic carbocycles. The summed E-state index contributed by atoms with van der Waals surface area (Å²) in [6.07, 6.45) is 4.08. The van der Waals surface area contributed by atoms with Crippen molar-refractivity contribution in [3.8, 4) is 6.07 Å². The summed E-state index contributed by atoms with van der Waals surface area (Å²) in [4.78, 5) is 0.787. The molecule has 2 rings (SSSR count). The molecule has 1 heterocycles. The minimum atomic E-state index is -0.736. The van der Waals surface area contributed by atoms with Gasteiger partial charge in [-0.3, -0.25) is 0 Å². The van der Waals surface area contributed by atoms with Gasteiger partial charge in [0.25, 0.3) is 0 Å². The molecular weight excluding hydrogens is 346 g/mol. The molecule has 0 saturated heterocycles. The van der Waals surface area contributed by atoms with Crippen molar-refractivity contribution in [2.45, 2.75) is 45.1 Å². The Balaban J connectivity index is 2.28. The summed E-state index contributed by atoms with van der Waals surface area (Å²) >= 11 is 10.7. The highest BCUT2D eigenvalue weighted by Gasteiger charge is 2.43. The van der Waals surface area contributed by atoms with Crippen LogP contribution in [0, 0.1) is 22.7 Å². The monoisotopic (exact) mass is 361 g/mol. The van der Waals surface area contributed by atoms with Crippen molar-refractivity contribution in [2.24, 2.45) is 11.3 Å². The number of rotatable bonds is 3. The lowest BCUT2D eigenvalue weighted by Crippen LogP contribution is -2.33. The first kappa shape index (κ1) is 15.3. The highest BCUT2D eigenvalue weighted by atomic mass is 79.9. The molecule has 1 aromatic heterocycles. The molecule has 1 aliphatic carbocycles. The molecule has 5 heteroatoms. The number of aliphatic hydroxyl groups excluding tert-OH is 1. The first-order valence-electron chi connectivity index (χ1n) is 6.56. The van der Waals surface area contributed by atoms with Crippen LogP contribution in [-0.4, -0.2) is 5.11 Å². The Bertz CT molecular complexity index is 479. The van der Waals surface area contributed by atoms with Crippen LogP contribution >= 0.6 is 38.9 Å². The zero-order valence-electron chi connectivity index (χ0n) is 10.8. The molecular formula is C14H17BrClNOS. The Morgan fingerprint density at radius 1 is 1.74 bits per heavy atom. The standard InChI is InChI=1S/C14H17BrClNOS/c1-2-9-4-3-5-14(7-9,8-17)12(18)11-6-10(15)13(16)19-11/h6,9,12,18H,2-5,7H2,1H3. The number of hydrogen-bond donors (Lipinski definition) is 1. The maximum absolute atomic E-state index is 10.7. The summed E-state index contributed by atoms with van der Waals surface area (Å²) in [7, 11) is 0. The lowest BCUT2D eigenvalue weighted by molar-refractivity contribution is 0.0209. The molecule has 3 atom stereocenters. The largest absolute Gasteiger partial charge is 0.386 e. The van der Waals surface area contributed by atoms with Crippen LogP contribution in [0.1, 0.15) is 50.0 Å². The van der Waals surface area contributed by atoms with Crippen LogP contribution in [0.25, 0.3) is 0 Å². The smallest absolute Gasteiger partial charge is 0.107 e. The fraction of sp³-hybridized carbons (Fsp3) is 0.643. The van der Waals surface area contributed by atoms with Crippen molar-refractivity contribution >= 4 is 38.9 Å². The summed E-state index contributed by atoms with van der Waals surface area (Å²) in [5, 5.41) is 20.3. The summed E-state index contributed by atoms with van der Waals surface area (Å²) in [6, 6.07) is 4.25. The van der Waals surface area contributed by atoms with E-state index < -0.39 is 11.5 Å². The highest BCUT2D eigenvalue weighted by molar-refractivity contribution is 9.10. The Morgan fingerprint density at radius 2 is 2.47 bits per heavy atom. The Kier molecular flexibility index (Phi) is 4.94. The second-order valence-electron chi connectivity index (χ2n) is 5.31. The van der Waals surface area contributed by atoms with E-state index in [9.17, 15) is 10.4 Å². The van der Waals surface area contributed by atoms with Crippen LogP contribution in [0.5, 0.6) is 0 Å². The molecule has 1 saturated carbocycles. The van der Waals surface area contributed by atoms with E-state index in [-0.39, 0.29) is 0 Å². The first-order valence-corrected chi connectivity index (χ1v) is 8.55. The van der Waals surface area contributed by atoms with Gasteiger partial charge >= 0.3 is 0 Å². The van der Waals surface area contributed by atoms with Crippen molar-refractivity contribution in [2.75, 3.05) is 0 Å². The van der Waals surface area contributed by atoms with E-state index in [1.54, 1.807) is 0 Å². The van der Waals surface area contributed by atoms with Gasteiger partial charge in [0.1, 0.15) is 10.4 Å². The average Bonchev–Trinajstić information content (AvgIpc) is 2.77. The third kappa shape index (κ3) is 3.00. The summed E-state index contributed by atoms with van der Waals surface area (Å²) in [5.74, 6) is 0.543. The van der Waals surface area contributed by atoms with Gasteiger partial charge in [0.15, 0.2) is 0 Å². The molecule has 1 N–H and O–H groups in total. The number of halogens is 2. The topological polar surface area (TPSA) is 44.0 Å². The molecule has 104 valence electrons. The predicted octanol–water partition coefficient (Wildman–Crippen LogP) is 5.31. The minimum absolute atomic E-state index is 0.543. The van der Waals surface area contributed by atoms with Crippen LogP contribution < -0.4 is 0 Å². The maximum atomic E-state index is 10.7. The van der Waals surface area contributed by atoms with Crippen molar-refractivity contribution in [3.63, 3.8) is 0 Å². The highest BCUT2D eigenvalue weighted by Crippen LogP contribution is 2.50. The molecule has 0 bridgehead atoms. The van der Waals surface area contributed by atoms with Gasteiger partial charge in [0.05, 0.1) is 11.5 Å². The zero-order chi connectivity index (χ0) is 14.0. The molecule has 1 aliphatic rings. The van der Waals surface area contributed by atoms with Crippen molar-refractivity contribution in [3.05, 3.63) is 19.8 Å². The van der Waals surface area contributed by atoms with Crippen molar-refractivity contribution < 1.29 is 5.11 Å². The molecule has 0 spiro atoms. The number of aliphatic hydroxyl groups is 1. The number of nitriles is 1. The van der Waals surface area contributed by atoms with Crippen molar-refractivity contribution in [1.29, 1.82) is 5.26 Å². The van der Waals surface area contributed by atoms with Gasteiger partial charge in [0.2, 0.25) is 0 Å². The van der Waals surface area contributed by atoms with Gasteiger partial charge in [-0.25, -0.2) is 0 Å². The van der Waals surface area contributed by atoms with Gasteiger partial charge in [-0.15, -0.1) is 11.3 Å². The molecule has 2 nitrogen and oxygen atoms in total. The average molecular weight is 363 g/mol. The number of thiophene rings is 1. The second kappa shape index (κ2) is 6.13. The molecule has 1 aromatic rings. The van der Waals surface area contributed by atoms with Gasteiger partial charge in [-0.05, 0) is 40.8 Å². The maximum Gasteiger partial charge on any atom is 0.107 e. The van der Waals surface area contributed by atoms with Crippen LogP contribution in [-0.2, 0) is 0 Å². The zero-order valence-corrected chi connectivity index (χ0v) is 14.0. The SMILES string of the molecule is CCC1CCCC(C#N)(C(O)c2cc(Br)c(Cl)s2)C1. The van der Waals surface area contributed by atoms with E-state index in [4.69, 9.17) is 11.6 Å². The summed E-state index contributed by atoms with van der Waals surface area (Å²) in [5.41, 5.74) is -0.646. The second-order valence-corrected chi connectivity index (χ2v) is 7.85. The van der Waals surface area contributed by atoms with Gasteiger partial charge < -0.3 is 5.11 Å². The fourth-order valence-corrected chi connectivity index (χ4v) is 4.80. The van der Waals surface area contributed by atoms with Crippen LogP contribution in [0.2, 0.25) is 4.34 Å². The molecule has 0 radical (unpaired) electrons. The predicted molar refractivity (Wildman–Crippen MR) is 82.3 cm³/mol. The molecule has 0 amide bonds. The Labute approximate surface area is 131 Å². The van der Waals surface area contributed by atoms with E-state index >= 15 is 0 Å². The lowest BCUT2D eigenvalue weighted by atomic mass is 9.66. The molecule has 0 aliphatic heterocycles. The Hall–Kier alpha value is -0.0800. The fourth-order valence-electron chi connectivity index (χ4n) is 2.96. The number of hydrogen-bond acceptors (Lipinski definition) is 3. The molecule has 1 fully saturated rings. The molecule has 3 unspecified atom stereocenters. The third-order valence-electron chi connectivity index (χ3n) is 4.15.